The van der Waals surface area contributed by atoms with Crippen LogP contribution >= 0.6 is 0 Å². The first-order valence-corrected chi connectivity index (χ1v) is 13.4. The average Bonchev–Trinajstić information content (AvgIpc) is 2.98. The number of benzene rings is 5. The van der Waals surface area contributed by atoms with Crippen molar-refractivity contribution in [2.75, 3.05) is 38.0 Å². The van der Waals surface area contributed by atoms with E-state index in [0.717, 1.165) is 16.7 Å². The van der Waals surface area contributed by atoms with Crippen LogP contribution in [0.4, 0.5) is 11.4 Å². The van der Waals surface area contributed by atoms with Gasteiger partial charge in [-0.2, -0.15) is 0 Å². The first kappa shape index (κ1) is 26.3. The molecule has 0 spiro atoms. The maximum atomic E-state index is 6.56. The highest BCUT2D eigenvalue weighted by atomic mass is 16.5. The van der Waals surface area contributed by atoms with Crippen molar-refractivity contribution >= 4 is 11.4 Å². The van der Waals surface area contributed by atoms with Crippen LogP contribution in [0.1, 0.15) is 22.8 Å². The number of hydrogen-bond acceptors (Lipinski definition) is 3. The van der Waals surface area contributed by atoms with E-state index in [1.54, 1.807) is 0 Å². The molecule has 3 nitrogen and oxygen atoms in total. The lowest BCUT2D eigenvalue weighted by molar-refractivity contribution is 0.0667. The van der Waals surface area contributed by atoms with Gasteiger partial charge in [0.15, 0.2) is 0 Å². The third-order valence-electron chi connectivity index (χ3n) is 7.12. The van der Waals surface area contributed by atoms with Gasteiger partial charge in [0.05, 0.1) is 6.61 Å². The van der Waals surface area contributed by atoms with Gasteiger partial charge in [-0.25, -0.2) is 0 Å². The maximum absolute atomic E-state index is 6.56. The number of rotatable bonds is 9. The van der Waals surface area contributed by atoms with E-state index in [0.29, 0.717) is 6.61 Å². The number of nitrogens with zero attached hydrogens (tertiary/aromatic N) is 2. The normalized spacial score (nSPS) is 11.0. The zero-order valence-corrected chi connectivity index (χ0v) is 23.2. The summed E-state index contributed by atoms with van der Waals surface area (Å²) in [5, 5.41) is 0. The first-order chi connectivity index (χ1) is 19.0. The minimum absolute atomic E-state index is 0.166. The van der Waals surface area contributed by atoms with Crippen molar-refractivity contribution in [3.05, 3.63) is 144 Å². The summed E-state index contributed by atoms with van der Waals surface area (Å²) in [5.74, 6) is 0. The second-order valence-corrected chi connectivity index (χ2v) is 10.3. The fraction of sp³-hybridized carbons (Fsp3) is 0.167. The molecule has 3 heteroatoms. The van der Waals surface area contributed by atoms with Crippen LogP contribution in [0.25, 0.3) is 22.3 Å². The van der Waals surface area contributed by atoms with E-state index in [1.807, 2.05) is 6.07 Å². The standard InChI is InChI=1S/C36H36N2O/c1-37(2)34-22-18-30(19-23-34)28-10-14-32(15-11-28)36(39-26-27-8-6-5-7-9-27)33-16-12-29(13-17-33)31-20-24-35(25-21-31)38(3)4/h5-25,36H,26H2,1-4H3. The minimum Gasteiger partial charge on any atom is -0.378 e. The molecule has 5 rings (SSSR count). The van der Waals surface area contributed by atoms with Crippen molar-refractivity contribution in [3.63, 3.8) is 0 Å². The highest BCUT2D eigenvalue weighted by molar-refractivity contribution is 5.68. The largest absolute Gasteiger partial charge is 0.378 e. The second-order valence-electron chi connectivity index (χ2n) is 10.3. The molecular weight excluding hydrogens is 476 g/mol. The SMILES string of the molecule is CN(C)c1ccc(-c2ccc(C(OCc3ccccc3)c3ccc(-c4ccc(N(C)C)cc4)cc3)cc2)cc1. The van der Waals surface area contributed by atoms with Gasteiger partial charge in [0.2, 0.25) is 0 Å². The molecule has 0 bridgehead atoms. The molecule has 39 heavy (non-hydrogen) atoms. The van der Waals surface area contributed by atoms with Gasteiger partial charge in [0, 0.05) is 39.6 Å². The molecule has 5 aromatic carbocycles. The summed E-state index contributed by atoms with van der Waals surface area (Å²) in [6.07, 6.45) is -0.166. The highest BCUT2D eigenvalue weighted by Crippen LogP contribution is 2.32. The molecule has 0 radical (unpaired) electrons. The molecular formula is C36H36N2O. The molecule has 0 aromatic heterocycles. The Hall–Kier alpha value is -4.34. The van der Waals surface area contributed by atoms with Crippen LogP contribution in [0.2, 0.25) is 0 Å². The number of hydrogen-bond donors (Lipinski definition) is 0. The van der Waals surface area contributed by atoms with E-state index in [9.17, 15) is 0 Å². The Morgan fingerprint density at radius 3 is 1.18 bits per heavy atom. The first-order valence-electron chi connectivity index (χ1n) is 13.4. The molecule has 0 unspecified atom stereocenters. The van der Waals surface area contributed by atoms with Gasteiger partial charge >= 0.3 is 0 Å². The molecule has 196 valence electrons. The lowest BCUT2D eigenvalue weighted by Gasteiger charge is -2.20. The van der Waals surface area contributed by atoms with Crippen molar-refractivity contribution < 1.29 is 4.74 Å². The molecule has 0 aliphatic carbocycles. The molecule has 0 saturated heterocycles. The molecule has 5 aromatic rings. The topological polar surface area (TPSA) is 15.7 Å². The number of anilines is 2. The van der Waals surface area contributed by atoms with E-state index >= 15 is 0 Å². The summed E-state index contributed by atoms with van der Waals surface area (Å²) >= 11 is 0. The van der Waals surface area contributed by atoms with Gasteiger partial charge in [-0.15, -0.1) is 0 Å². The Kier molecular flexibility index (Phi) is 8.10. The second kappa shape index (κ2) is 12.0. The van der Waals surface area contributed by atoms with Crippen molar-refractivity contribution in [3.8, 4) is 22.3 Å². The van der Waals surface area contributed by atoms with E-state index in [2.05, 4.69) is 159 Å². The van der Waals surface area contributed by atoms with Gasteiger partial charge in [-0.05, 0) is 63.2 Å². The monoisotopic (exact) mass is 512 g/mol. The fourth-order valence-corrected chi connectivity index (χ4v) is 4.74. The van der Waals surface area contributed by atoms with Crippen molar-refractivity contribution in [1.82, 2.24) is 0 Å². The minimum atomic E-state index is -0.166. The molecule has 0 aliphatic rings. The third kappa shape index (κ3) is 6.39. The Labute approximate surface area is 232 Å². The van der Waals surface area contributed by atoms with Crippen LogP contribution in [0.3, 0.4) is 0 Å². The molecule has 0 saturated carbocycles. The molecule has 0 aliphatic heterocycles. The van der Waals surface area contributed by atoms with Gasteiger partial charge < -0.3 is 14.5 Å². The maximum Gasteiger partial charge on any atom is 0.108 e. The predicted molar refractivity (Wildman–Crippen MR) is 165 cm³/mol. The fourth-order valence-electron chi connectivity index (χ4n) is 4.74. The van der Waals surface area contributed by atoms with E-state index in [1.165, 1.54) is 33.6 Å². The summed E-state index contributed by atoms with van der Waals surface area (Å²) in [6.45, 7) is 0.549. The third-order valence-corrected chi connectivity index (χ3v) is 7.12. The zero-order valence-electron chi connectivity index (χ0n) is 23.2. The van der Waals surface area contributed by atoms with Crippen LogP contribution in [0.5, 0.6) is 0 Å². The zero-order chi connectivity index (χ0) is 27.2. The van der Waals surface area contributed by atoms with Gasteiger partial charge in [-0.3, -0.25) is 0 Å². The molecule has 0 fully saturated rings. The molecule has 0 atom stereocenters. The van der Waals surface area contributed by atoms with Gasteiger partial charge in [-0.1, -0.05) is 103 Å². The Balaban J connectivity index is 1.40. The van der Waals surface area contributed by atoms with E-state index in [-0.39, 0.29) is 6.10 Å². The van der Waals surface area contributed by atoms with Crippen molar-refractivity contribution in [1.29, 1.82) is 0 Å². The summed E-state index contributed by atoms with van der Waals surface area (Å²) in [6, 6.07) is 45.3. The molecule has 0 heterocycles. The average molecular weight is 513 g/mol. The summed E-state index contributed by atoms with van der Waals surface area (Å²) in [7, 11) is 8.25. The number of ether oxygens (including phenoxy) is 1. The van der Waals surface area contributed by atoms with Gasteiger partial charge in [0.1, 0.15) is 6.10 Å². The Morgan fingerprint density at radius 1 is 0.462 bits per heavy atom. The Morgan fingerprint density at radius 2 is 0.821 bits per heavy atom. The van der Waals surface area contributed by atoms with Crippen LogP contribution in [0.15, 0.2) is 127 Å². The Bertz CT molecular complexity index is 1360. The van der Waals surface area contributed by atoms with Gasteiger partial charge in [0.25, 0.3) is 0 Å². The molecule has 0 amide bonds. The van der Waals surface area contributed by atoms with Crippen LogP contribution < -0.4 is 9.80 Å². The van der Waals surface area contributed by atoms with Crippen molar-refractivity contribution in [2.45, 2.75) is 12.7 Å². The summed E-state index contributed by atoms with van der Waals surface area (Å²) in [4.78, 5) is 4.23. The summed E-state index contributed by atoms with van der Waals surface area (Å²) < 4.78 is 6.56. The van der Waals surface area contributed by atoms with Crippen LogP contribution in [-0.2, 0) is 11.3 Å². The lowest BCUT2D eigenvalue weighted by Crippen LogP contribution is -2.08. The quantitative estimate of drug-likeness (QED) is 0.197. The van der Waals surface area contributed by atoms with Crippen LogP contribution in [0, 0.1) is 0 Å². The molecule has 0 N–H and O–H groups in total. The van der Waals surface area contributed by atoms with Crippen molar-refractivity contribution in [2.24, 2.45) is 0 Å². The predicted octanol–water partition coefficient (Wildman–Crippen LogP) is 8.46. The van der Waals surface area contributed by atoms with E-state index in [4.69, 9.17) is 4.74 Å². The summed E-state index contributed by atoms with van der Waals surface area (Å²) in [5.41, 5.74) is 10.6. The highest BCUT2D eigenvalue weighted by Gasteiger charge is 2.16. The van der Waals surface area contributed by atoms with E-state index < -0.39 is 0 Å². The lowest BCUT2D eigenvalue weighted by atomic mass is 9.96. The smallest absolute Gasteiger partial charge is 0.108 e. The van der Waals surface area contributed by atoms with Crippen LogP contribution in [-0.4, -0.2) is 28.2 Å².